The number of nitro benzene ring substituents is 1. The maximum Gasteiger partial charge on any atom is 0.271 e. The fraction of sp³-hybridized carbons (Fsp3) is 0.136. The van der Waals surface area contributed by atoms with Gasteiger partial charge in [0.05, 0.1) is 29.1 Å². The van der Waals surface area contributed by atoms with Gasteiger partial charge >= 0.3 is 0 Å². The van der Waals surface area contributed by atoms with Crippen LogP contribution in [0.25, 0.3) is 0 Å². The maximum atomic E-state index is 12.7. The molecule has 33 heavy (non-hydrogen) atoms. The van der Waals surface area contributed by atoms with Crippen LogP contribution in [-0.4, -0.2) is 25.5 Å². The molecule has 0 aliphatic carbocycles. The monoisotopic (exact) mass is 507 g/mol. The number of halogens is 2. The summed E-state index contributed by atoms with van der Waals surface area (Å²) in [7, 11) is -3.70. The first kappa shape index (κ1) is 24.5. The van der Waals surface area contributed by atoms with Crippen molar-refractivity contribution in [2.75, 3.05) is 15.9 Å². The van der Waals surface area contributed by atoms with Crippen molar-refractivity contribution in [1.29, 1.82) is 0 Å². The first-order valence-corrected chi connectivity index (χ1v) is 12.1. The van der Waals surface area contributed by atoms with Crippen LogP contribution < -0.4 is 9.62 Å². The standard InChI is InChI=1S/C22H19Cl2N3O5S/c1-14-6-9-17(27(29)30)12-21(14)25-22(28)15-7-10-16(11-8-15)26(33(2,31)32)13-18-19(23)4-3-5-20(18)24/h3-12H,13H2,1-2H3,(H,25,28). The molecule has 0 saturated carbocycles. The zero-order chi connectivity index (χ0) is 24.3. The van der Waals surface area contributed by atoms with Crippen molar-refractivity contribution in [2.45, 2.75) is 13.5 Å². The molecule has 172 valence electrons. The number of nitrogens with zero attached hydrogens (tertiary/aromatic N) is 2. The van der Waals surface area contributed by atoms with E-state index in [-0.39, 0.29) is 17.8 Å². The molecule has 0 aromatic heterocycles. The van der Waals surface area contributed by atoms with E-state index in [1.165, 1.54) is 36.4 Å². The van der Waals surface area contributed by atoms with Crippen LogP contribution >= 0.6 is 23.2 Å². The number of non-ortho nitro benzene ring substituents is 1. The van der Waals surface area contributed by atoms with E-state index in [0.29, 0.717) is 32.5 Å². The van der Waals surface area contributed by atoms with Crippen LogP contribution in [0.4, 0.5) is 17.1 Å². The number of amides is 1. The Morgan fingerprint density at radius 1 is 1.06 bits per heavy atom. The molecule has 0 saturated heterocycles. The lowest BCUT2D eigenvalue weighted by Crippen LogP contribution is -2.29. The smallest absolute Gasteiger partial charge is 0.271 e. The molecule has 11 heteroatoms. The van der Waals surface area contributed by atoms with Gasteiger partial charge in [-0.05, 0) is 48.9 Å². The van der Waals surface area contributed by atoms with Gasteiger partial charge < -0.3 is 5.32 Å². The molecule has 3 aromatic rings. The lowest BCUT2D eigenvalue weighted by molar-refractivity contribution is -0.384. The van der Waals surface area contributed by atoms with E-state index in [0.717, 1.165) is 10.6 Å². The Hall–Kier alpha value is -3.14. The Labute approximate surface area is 200 Å². The zero-order valence-corrected chi connectivity index (χ0v) is 19.9. The molecule has 0 radical (unpaired) electrons. The minimum absolute atomic E-state index is 0.0875. The second-order valence-electron chi connectivity index (χ2n) is 7.23. The summed E-state index contributed by atoms with van der Waals surface area (Å²) in [6, 6.07) is 15.0. The first-order valence-electron chi connectivity index (χ1n) is 9.54. The van der Waals surface area contributed by atoms with Gasteiger partial charge in [0.2, 0.25) is 10.0 Å². The van der Waals surface area contributed by atoms with Crippen molar-refractivity contribution in [3.63, 3.8) is 0 Å². The van der Waals surface area contributed by atoms with Crippen molar-refractivity contribution < 1.29 is 18.1 Å². The van der Waals surface area contributed by atoms with Gasteiger partial charge in [-0.1, -0.05) is 35.3 Å². The Kier molecular flexibility index (Phi) is 7.26. The molecule has 0 bridgehead atoms. The van der Waals surface area contributed by atoms with E-state index in [4.69, 9.17) is 23.2 Å². The normalized spacial score (nSPS) is 11.2. The number of sulfonamides is 1. The highest BCUT2D eigenvalue weighted by Gasteiger charge is 2.21. The highest BCUT2D eigenvalue weighted by Crippen LogP contribution is 2.29. The summed E-state index contributed by atoms with van der Waals surface area (Å²) in [6.07, 6.45) is 1.06. The second-order valence-corrected chi connectivity index (χ2v) is 9.95. The van der Waals surface area contributed by atoms with Crippen LogP contribution in [0.2, 0.25) is 10.0 Å². The number of anilines is 2. The van der Waals surface area contributed by atoms with E-state index in [2.05, 4.69) is 5.32 Å². The lowest BCUT2D eigenvalue weighted by atomic mass is 10.1. The summed E-state index contributed by atoms with van der Waals surface area (Å²) < 4.78 is 26.0. The quantitative estimate of drug-likeness (QED) is 0.338. The van der Waals surface area contributed by atoms with E-state index in [1.807, 2.05) is 0 Å². The summed E-state index contributed by atoms with van der Waals surface area (Å²) >= 11 is 12.4. The Morgan fingerprint density at radius 3 is 2.21 bits per heavy atom. The van der Waals surface area contributed by atoms with Crippen molar-refractivity contribution >= 4 is 56.2 Å². The third-order valence-corrected chi connectivity index (χ3v) is 6.71. The van der Waals surface area contributed by atoms with E-state index in [1.54, 1.807) is 31.2 Å². The third-order valence-electron chi connectivity index (χ3n) is 4.86. The molecule has 0 atom stereocenters. The molecule has 0 unspecified atom stereocenters. The topological polar surface area (TPSA) is 110 Å². The summed E-state index contributed by atoms with van der Waals surface area (Å²) in [5.41, 5.74) is 1.84. The van der Waals surface area contributed by atoms with Crippen molar-refractivity contribution in [1.82, 2.24) is 0 Å². The van der Waals surface area contributed by atoms with Crippen molar-refractivity contribution in [3.8, 4) is 0 Å². The molecule has 0 spiro atoms. The van der Waals surface area contributed by atoms with Crippen LogP contribution in [0.5, 0.6) is 0 Å². The van der Waals surface area contributed by atoms with Gasteiger partial charge in [0.15, 0.2) is 0 Å². The number of benzene rings is 3. The number of carbonyl (C=O) groups excluding carboxylic acids is 1. The number of nitrogens with one attached hydrogen (secondary N) is 1. The number of hydrogen-bond acceptors (Lipinski definition) is 5. The number of rotatable bonds is 7. The van der Waals surface area contributed by atoms with Crippen LogP contribution in [-0.2, 0) is 16.6 Å². The van der Waals surface area contributed by atoms with Gasteiger partial charge in [0.1, 0.15) is 0 Å². The van der Waals surface area contributed by atoms with Crippen LogP contribution in [0.1, 0.15) is 21.5 Å². The SMILES string of the molecule is Cc1ccc([N+](=O)[O-])cc1NC(=O)c1ccc(N(Cc2c(Cl)cccc2Cl)S(C)(=O)=O)cc1. The van der Waals surface area contributed by atoms with Crippen molar-refractivity contribution in [2.24, 2.45) is 0 Å². The number of nitro groups is 1. The first-order chi connectivity index (χ1) is 15.5. The molecule has 0 aliphatic heterocycles. The van der Waals surface area contributed by atoms with Gasteiger partial charge in [0, 0.05) is 33.3 Å². The summed E-state index contributed by atoms with van der Waals surface area (Å²) in [6.45, 7) is 1.63. The highest BCUT2D eigenvalue weighted by atomic mass is 35.5. The number of carbonyl (C=O) groups is 1. The predicted molar refractivity (Wildman–Crippen MR) is 130 cm³/mol. The molecule has 1 amide bonds. The Morgan fingerprint density at radius 2 is 1.67 bits per heavy atom. The van der Waals surface area contributed by atoms with Gasteiger partial charge in [-0.25, -0.2) is 8.42 Å². The summed E-state index contributed by atoms with van der Waals surface area (Å²) in [5, 5.41) is 14.3. The summed E-state index contributed by atoms with van der Waals surface area (Å²) in [4.78, 5) is 23.1. The molecule has 3 aromatic carbocycles. The predicted octanol–water partition coefficient (Wildman–Crippen LogP) is 5.43. The molecule has 3 rings (SSSR count). The van der Waals surface area contributed by atoms with Gasteiger partial charge in [-0.2, -0.15) is 0 Å². The maximum absolute atomic E-state index is 12.7. The highest BCUT2D eigenvalue weighted by molar-refractivity contribution is 7.92. The minimum Gasteiger partial charge on any atom is -0.321 e. The van der Waals surface area contributed by atoms with E-state index < -0.39 is 20.9 Å². The zero-order valence-electron chi connectivity index (χ0n) is 17.6. The average Bonchev–Trinajstić information content (AvgIpc) is 2.74. The number of hydrogen-bond donors (Lipinski definition) is 1. The van der Waals surface area contributed by atoms with Crippen LogP contribution in [0.3, 0.4) is 0 Å². The molecular weight excluding hydrogens is 489 g/mol. The van der Waals surface area contributed by atoms with Crippen molar-refractivity contribution in [3.05, 3.63) is 97.5 Å². The van der Waals surface area contributed by atoms with Crippen LogP contribution in [0.15, 0.2) is 60.7 Å². The Balaban J connectivity index is 1.86. The largest absolute Gasteiger partial charge is 0.321 e. The van der Waals surface area contributed by atoms with Crippen LogP contribution in [0, 0.1) is 17.0 Å². The van der Waals surface area contributed by atoms with Gasteiger partial charge in [-0.3, -0.25) is 19.2 Å². The number of aryl methyl sites for hydroxylation is 1. The molecule has 0 fully saturated rings. The van der Waals surface area contributed by atoms with E-state index in [9.17, 15) is 23.3 Å². The fourth-order valence-electron chi connectivity index (χ4n) is 3.06. The van der Waals surface area contributed by atoms with Gasteiger partial charge in [0.25, 0.3) is 11.6 Å². The molecule has 0 heterocycles. The molecule has 1 N–H and O–H groups in total. The minimum atomic E-state index is -3.70. The van der Waals surface area contributed by atoms with E-state index >= 15 is 0 Å². The fourth-order valence-corrected chi connectivity index (χ4v) is 4.44. The Bertz CT molecular complexity index is 1310. The third kappa shape index (κ3) is 5.81. The molecular formula is C22H19Cl2N3O5S. The summed E-state index contributed by atoms with van der Waals surface area (Å²) in [5.74, 6) is -0.495. The molecule has 8 nitrogen and oxygen atoms in total. The second kappa shape index (κ2) is 9.78. The average molecular weight is 508 g/mol. The van der Waals surface area contributed by atoms with Gasteiger partial charge in [-0.15, -0.1) is 0 Å². The molecule has 0 aliphatic rings. The lowest BCUT2D eigenvalue weighted by Gasteiger charge is -2.23.